The first-order valence-corrected chi connectivity index (χ1v) is 10.2. The molecule has 4 nitrogen and oxygen atoms in total. The predicted molar refractivity (Wildman–Crippen MR) is 99.2 cm³/mol. The van der Waals surface area contributed by atoms with Gasteiger partial charge in [-0.2, -0.15) is 0 Å². The fraction of sp³-hybridized carbons (Fsp3) is 0.950. The van der Waals surface area contributed by atoms with Crippen molar-refractivity contribution in [3.8, 4) is 0 Å². The molecule has 3 N–H and O–H groups in total. The van der Waals surface area contributed by atoms with Crippen molar-refractivity contribution in [2.75, 3.05) is 6.61 Å². The lowest BCUT2D eigenvalue weighted by molar-refractivity contribution is -0.146. The van der Waals surface area contributed by atoms with Crippen LogP contribution in [0, 0.1) is 0 Å². The van der Waals surface area contributed by atoms with Gasteiger partial charge < -0.3 is 15.3 Å². The summed E-state index contributed by atoms with van der Waals surface area (Å²) in [7, 11) is 0. The number of aliphatic hydroxyl groups excluding tert-OH is 2. The van der Waals surface area contributed by atoms with Crippen molar-refractivity contribution in [1.82, 2.24) is 0 Å². The Morgan fingerprint density at radius 1 is 0.583 bits per heavy atom. The van der Waals surface area contributed by atoms with Gasteiger partial charge in [0.05, 0.1) is 0 Å². The fourth-order valence-electron chi connectivity index (χ4n) is 3.05. The summed E-state index contributed by atoms with van der Waals surface area (Å²) in [6, 6.07) is 0. The molecule has 0 aliphatic carbocycles. The molecule has 1 atom stereocenters. The molecule has 4 heteroatoms. The molecule has 0 bridgehead atoms. The van der Waals surface area contributed by atoms with Crippen LogP contribution in [0.3, 0.4) is 0 Å². The summed E-state index contributed by atoms with van der Waals surface area (Å²) in [6.07, 6.45) is 18.9. The highest BCUT2D eigenvalue weighted by Crippen LogP contribution is 2.14. The molecule has 0 rings (SSSR count). The minimum atomic E-state index is -1.18. The lowest BCUT2D eigenvalue weighted by Crippen LogP contribution is -2.18. The van der Waals surface area contributed by atoms with Crippen LogP contribution < -0.4 is 0 Å². The lowest BCUT2D eigenvalue weighted by atomic mass is 10.0. The first-order valence-electron chi connectivity index (χ1n) is 10.2. The average molecular weight is 345 g/mol. The van der Waals surface area contributed by atoms with Crippen molar-refractivity contribution in [3.05, 3.63) is 0 Å². The summed E-state index contributed by atoms with van der Waals surface area (Å²) in [5.74, 6) is -1.10. The van der Waals surface area contributed by atoms with Gasteiger partial charge in [-0.05, 0) is 12.8 Å². The number of hydrogen-bond acceptors (Lipinski definition) is 3. The molecule has 0 saturated carbocycles. The SMILES string of the molecule is O=C(O)C(O)CCCCCCCCCCCCCCCCCCO. The Labute approximate surface area is 148 Å². The van der Waals surface area contributed by atoms with Gasteiger partial charge in [0.15, 0.2) is 6.10 Å². The zero-order valence-corrected chi connectivity index (χ0v) is 15.6. The van der Waals surface area contributed by atoms with Crippen LogP contribution in [0.15, 0.2) is 0 Å². The molecular formula is C20H40O4. The Morgan fingerprint density at radius 2 is 0.875 bits per heavy atom. The van der Waals surface area contributed by atoms with Gasteiger partial charge in [0.1, 0.15) is 0 Å². The maximum absolute atomic E-state index is 10.4. The van der Waals surface area contributed by atoms with Crippen molar-refractivity contribution >= 4 is 5.97 Å². The van der Waals surface area contributed by atoms with Crippen LogP contribution in [-0.2, 0) is 4.79 Å². The summed E-state index contributed by atoms with van der Waals surface area (Å²) >= 11 is 0. The van der Waals surface area contributed by atoms with E-state index in [9.17, 15) is 4.79 Å². The molecule has 0 aromatic rings. The van der Waals surface area contributed by atoms with E-state index in [1.165, 1.54) is 77.0 Å². The van der Waals surface area contributed by atoms with Crippen LogP contribution >= 0.6 is 0 Å². The highest BCUT2D eigenvalue weighted by molar-refractivity contribution is 5.71. The second-order valence-corrected chi connectivity index (χ2v) is 7.02. The molecule has 0 aromatic carbocycles. The number of aliphatic carboxylic acids is 1. The van der Waals surface area contributed by atoms with E-state index in [0.29, 0.717) is 13.0 Å². The summed E-state index contributed by atoms with van der Waals surface area (Å²) in [6.45, 7) is 0.341. The van der Waals surface area contributed by atoms with Crippen molar-refractivity contribution in [1.29, 1.82) is 0 Å². The van der Waals surface area contributed by atoms with E-state index in [2.05, 4.69) is 0 Å². The third-order valence-electron chi connectivity index (χ3n) is 4.67. The van der Waals surface area contributed by atoms with E-state index in [0.717, 1.165) is 25.7 Å². The predicted octanol–water partition coefficient (Wildman–Crippen LogP) is 5.06. The number of unbranched alkanes of at least 4 members (excludes halogenated alkanes) is 15. The first-order chi connectivity index (χ1) is 11.7. The summed E-state index contributed by atoms with van der Waals surface area (Å²) in [5.41, 5.74) is 0. The van der Waals surface area contributed by atoms with Crippen LogP contribution in [-0.4, -0.2) is 34.0 Å². The molecule has 0 heterocycles. The van der Waals surface area contributed by atoms with Gasteiger partial charge in [-0.25, -0.2) is 4.79 Å². The number of hydrogen-bond donors (Lipinski definition) is 3. The normalized spacial score (nSPS) is 12.4. The molecule has 0 aliphatic rings. The van der Waals surface area contributed by atoms with E-state index in [1.54, 1.807) is 0 Å². The Morgan fingerprint density at radius 3 is 1.17 bits per heavy atom. The molecule has 0 aromatic heterocycles. The largest absolute Gasteiger partial charge is 0.479 e. The van der Waals surface area contributed by atoms with Crippen LogP contribution in [0.4, 0.5) is 0 Å². The van der Waals surface area contributed by atoms with E-state index >= 15 is 0 Å². The van der Waals surface area contributed by atoms with E-state index in [4.69, 9.17) is 15.3 Å². The summed E-state index contributed by atoms with van der Waals surface area (Å²) in [5, 5.41) is 26.4. The van der Waals surface area contributed by atoms with Crippen LogP contribution in [0.1, 0.15) is 109 Å². The standard InChI is InChI=1S/C20H40O4/c21-18-16-14-12-10-8-6-4-2-1-3-5-7-9-11-13-15-17-19(22)20(23)24/h19,21-22H,1-18H2,(H,23,24). The van der Waals surface area contributed by atoms with Gasteiger partial charge in [-0.3, -0.25) is 0 Å². The third kappa shape index (κ3) is 17.7. The highest BCUT2D eigenvalue weighted by Gasteiger charge is 2.11. The molecule has 0 spiro atoms. The van der Waals surface area contributed by atoms with Gasteiger partial charge in [0, 0.05) is 6.61 Å². The second kappa shape index (κ2) is 18.7. The van der Waals surface area contributed by atoms with Gasteiger partial charge in [0.2, 0.25) is 0 Å². The minimum Gasteiger partial charge on any atom is -0.479 e. The van der Waals surface area contributed by atoms with Crippen molar-refractivity contribution in [3.63, 3.8) is 0 Å². The Balaban J connectivity index is 3.04. The molecule has 0 amide bonds. The molecular weight excluding hydrogens is 304 g/mol. The maximum atomic E-state index is 10.4. The molecule has 0 radical (unpaired) electrons. The lowest BCUT2D eigenvalue weighted by Gasteiger charge is -2.05. The third-order valence-corrected chi connectivity index (χ3v) is 4.67. The second-order valence-electron chi connectivity index (χ2n) is 7.02. The molecule has 0 fully saturated rings. The van der Waals surface area contributed by atoms with Crippen molar-refractivity contribution in [2.24, 2.45) is 0 Å². The average Bonchev–Trinajstić information content (AvgIpc) is 2.57. The molecule has 144 valence electrons. The van der Waals surface area contributed by atoms with Gasteiger partial charge in [0.25, 0.3) is 0 Å². The van der Waals surface area contributed by atoms with Crippen molar-refractivity contribution < 1.29 is 20.1 Å². The summed E-state index contributed by atoms with van der Waals surface area (Å²) in [4.78, 5) is 10.4. The smallest absolute Gasteiger partial charge is 0.332 e. The van der Waals surface area contributed by atoms with Gasteiger partial charge in [-0.1, -0.05) is 96.3 Å². The van der Waals surface area contributed by atoms with Crippen LogP contribution in [0.5, 0.6) is 0 Å². The summed E-state index contributed by atoms with van der Waals surface area (Å²) < 4.78 is 0. The topological polar surface area (TPSA) is 77.8 Å². The van der Waals surface area contributed by atoms with Crippen LogP contribution in [0.25, 0.3) is 0 Å². The zero-order valence-electron chi connectivity index (χ0n) is 15.6. The number of aliphatic hydroxyl groups is 2. The van der Waals surface area contributed by atoms with E-state index in [1.807, 2.05) is 0 Å². The number of carbonyl (C=O) groups is 1. The molecule has 0 aliphatic heterocycles. The highest BCUT2D eigenvalue weighted by atomic mass is 16.4. The molecule has 0 saturated heterocycles. The van der Waals surface area contributed by atoms with Crippen molar-refractivity contribution in [2.45, 2.75) is 115 Å². The Hall–Kier alpha value is -0.610. The number of rotatable bonds is 19. The van der Waals surface area contributed by atoms with E-state index in [-0.39, 0.29) is 0 Å². The molecule has 1 unspecified atom stereocenters. The fourth-order valence-corrected chi connectivity index (χ4v) is 3.05. The Bertz CT molecular complexity index is 268. The van der Waals surface area contributed by atoms with Crippen LogP contribution in [0.2, 0.25) is 0 Å². The monoisotopic (exact) mass is 344 g/mol. The van der Waals surface area contributed by atoms with Gasteiger partial charge >= 0.3 is 5.97 Å². The number of carboxylic acids is 1. The quantitative estimate of drug-likeness (QED) is 0.286. The molecule has 24 heavy (non-hydrogen) atoms. The van der Waals surface area contributed by atoms with E-state index < -0.39 is 12.1 Å². The maximum Gasteiger partial charge on any atom is 0.332 e. The first kappa shape index (κ1) is 23.4. The Kier molecular flexibility index (Phi) is 18.2. The van der Waals surface area contributed by atoms with Gasteiger partial charge in [-0.15, -0.1) is 0 Å². The zero-order chi connectivity index (χ0) is 17.9. The number of carboxylic acid groups (broad SMARTS) is 1. The minimum absolute atomic E-state index is 0.341.